The van der Waals surface area contributed by atoms with Gasteiger partial charge < -0.3 is 15.0 Å². The van der Waals surface area contributed by atoms with E-state index in [1.807, 2.05) is 0 Å². The van der Waals surface area contributed by atoms with Gasteiger partial charge in [-0.25, -0.2) is 0 Å². The average molecular weight is 297 g/mol. The van der Waals surface area contributed by atoms with Crippen molar-refractivity contribution < 1.29 is 4.74 Å². The first kappa shape index (κ1) is 15.6. The molecule has 0 saturated carbocycles. The maximum Gasteiger partial charge on any atom is 0.0642 e. The lowest BCUT2D eigenvalue weighted by atomic mass is 10.0. The summed E-state index contributed by atoms with van der Waals surface area (Å²) in [4.78, 5) is 2.40. The Bertz CT molecular complexity index is 428. The minimum Gasteiger partial charge on any atom is -0.383 e. The van der Waals surface area contributed by atoms with E-state index in [4.69, 9.17) is 16.3 Å². The van der Waals surface area contributed by atoms with Crippen molar-refractivity contribution in [1.29, 1.82) is 0 Å². The Morgan fingerprint density at radius 3 is 2.60 bits per heavy atom. The van der Waals surface area contributed by atoms with E-state index in [-0.39, 0.29) is 0 Å². The highest BCUT2D eigenvalue weighted by Gasteiger charge is 2.27. The average Bonchev–Trinajstić information content (AvgIpc) is 2.75. The van der Waals surface area contributed by atoms with Crippen LogP contribution in [-0.2, 0) is 11.3 Å². The molecule has 0 spiro atoms. The molecule has 0 aromatic heterocycles. The van der Waals surface area contributed by atoms with Gasteiger partial charge in [0.15, 0.2) is 0 Å². The Balaban J connectivity index is 1.96. The first-order valence-corrected chi connectivity index (χ1v) is 7.72. The molecule has 4 heteroatoms. The SMILES string of the molecule is COCCNCc1ccc(N2CC(C)C(C)C2)c(Cl)c1. The molecule has 0 aliphatic carbocycles. The van der Waals surface area contributed by atoms with Crippen LogP contribution in [0.4, 0.5) is 5.69 Å². The van der Waals surface area contributed by atoms with Crippen molar-refractivity contribution in [3.05, 3.63) is 28.8 Å². The van der Waals surface area contributed by atoms with Gasteiger partial charge in [0.25, 0.3) is 0 Å². The normalized spacial score (nSPS) is 22.5. The second-order valence-corrected chi connectivity index (χ2v) is 6.22. The zero-order chi connectivity index (χ0) is 14.5. The molecule has 2 rings (SSSR count). The molecule has 1 fully saturated rings. The highest BCUT2D eigenvalue weighted by molar-refractivity contribution is 6.33. The molecule has 1 aliphatic heterocycles. The van der Waals surface area contributed by atoms with Gasteiger partial charge >= 0.3 is 0 Å². The number of nitrogens with zero attached hydrogens (tertiary/aromatic N) is 1. The third-order valence-electron chi connectivity index (χ3n) is 4.15. The largest absolute Gasteiger partial charge is 0.383 e. The summed E-state index contributed by atoms with van der Waals surface area (Å²) in [5.41, 5.74) is 2.39. The number of hydrogen-bond acceptors (Lipinski definition) is 3. The zero-order valence-corrected chi connectivity index (χ0v) is 13.4. The topological polar surface area (TPSA) is 24.5 Å². The van der Waals surface area contributed by atoms with E-state index in [1.54, 1.807) is 7.11 Å². The van der Waals surface area contributed by atoms with Crippen LogP contribution in [0, 0.1) is 11.8 Å². The fraction of sp³-hybridized carbons (Fsp3) is 0.625. The van der Waals surface area contributed by atoms with Crippen molar-refractivity contribution in [3.8, 4) is 0 Å². The van der Waals surface area contributed by atoms with E-state index in [9.17, 15) is 0 Å². The van der Waals surface area contributed by atoms with Gasteiger partial charge in [0, 0.05) is 33.3 Å². The van der Waals surface area contributed by atoms with Crippen LogP contribution in [0.3, 0.4) is 0 Å². The van der Waals surface area contributed by atoms with E-state index in [2.05, 4.69) is 42.3 Å². The Morgan fingerprint density at radius 1 is 1.30 bits per heavy atom. The molecule has 1 saturated heterocycles. The molecule has 1 aliphatic rings. The lowest BCUT2D eigenvalue weighted by molar-refractivity contribution is 0.199. The van der Waals surface area contributed by atoms with Crippen LogP contribution < -0.4 is 10.2 Å². The summed E-state index contributed by atoms with van der Waals surface area (Å²) in [6, 6.07) is 6.39. The number of rotatable bonds is 6. The van der Waals surface area contributed by atoms with Crippen molar-refractivity contribution in [2.75, 3.05) is 38.3 Å². The number of hydrogen-bond donors (Lipinski definition) is 1. The Hall–Kier alpha value is -0.770. The summed E-state index contributed by atoms with van der Waals surface area (Å²) in [6.07, 6.45) is 0. The van der Waals surface area contributed by atoms with E-state index < -0.39 is 0 Å². The monoisotopic (exact) mass is 296 g/mol. The van der Waals surface area contributed by atoms with Crippen LogP contribution in [0.1, 0.15) is 19.4 Å². The number of ether oxygens (including phenoxy) is 1. The van der Waals surface area contributed by atoms with Crippen LogP contribution >= 0.6 is 11.6 Å². The van der Waals surface area contributed by atoms with Crippen LogP contribution in [0.15, 0.2) is 18.2 Å². The quantitative estimate of drug-likeness (QED) is 0.816. The summed E-state index contributed by atoms with van der Waals surface area (Å²) in [5, 5.41) is 4.19. The van der Waals surface area contributed by atoms with Crippen LogP contribution in [-0.4, -0.2) is 33.4 Å². The minimum absolute atomic E-state index is 0.732. The lowest BCUT2D eigenvalue weighted by Crippen LogP contribution is -2.21. The van der Waals surface area contributed by atoms with E-state index in [0.29, 0.717) is 0 Å². The van der Waals surface area contributed by atoms with Crippen LogP contribution in [0.25, 0.3) is 0 Å². The Morgan fingerprint density at radius 2 is 2.00 bits per heavy atom. The molecule has 2 atom stereocenters. The summed E-state index contributed by atoms with van der Waals surface area (Å²) >= 11 is 6.45. The molecule has 0 radical (unpaired) electrons. The molecule has 0 amide bonds. The zero-order valence-electron chi connectivity index (χ0n) is 12.7. The van der Waals surface area contributed by atoms with E-state index in [0.717, 1.165) is 49.6 Å². The second-order valence-electron chi connectivity index (χ2n) is 5.81. The predicted molar refractivity (Wildman–Crippen MR) is 85.6 cm³/mol. The van der Waals surface area contributed by atoms with Crippen LogP contribution in [0.5, 0.6) is 0 Å². The molecular formula is C16H25ClN2O. The van der Waals surface area contributed by atoms with Gasteiger partial charge in [0.2, 0.25) is 0 Å². The molecule has 1 N–H and O–H groups in total. The number of halogens is 1. The molecule has 112 valence electrons. The molecular weight excluding hydrogens is 272 g/mol. The Labute approximate surface area is 127 Å². The number of methoxy groups -OCH3 is 1. The second kappa shape index (κ2) is 7.30. The number of nitrogens with one attached hydrogen (secondary N) is 1. The molecule has 1 aromatic rings. The minimum atomic E-state index is 0.732. The fourth-order valence-electron chi connectivity index (χ4n) is 2.65. The van der Waals surface area contributed by atoms with Gasteiger partial charge in [-0.05, 0) is 29.5 Å². The summed E-state index contributed by atoms with van der Waals surface area (Å²) in [6.45, 7) is 9.25. The molecule has 3 nitrogen and oxygen atoms in total. The van der Waals surface area contributed by atoms with E-state index >= 15 is 0 Å². The van der Waals surface area contributed by atoms with Crippen LogP contribution in [0.2, 0.25) is 5.02 Å². The third-order valence-corrected chi connectivity index (χ3v) is 4.46. The van der Waals surface area contributed by atoms with Gasteiger partial charge in [-0.1, -0.05) is 31.5 Å². The fourth-order valence-corrected chi connectivity index (χ4v) is 2.97. The van der Waals surface area contributed by atoms with Gasteiger partial charge in [0.1, 0.15) is 0 Å². The molecule has 0 bridgehead atoms. The van der Waals surface area contributed by atoms with E-state index in [1.165, 1.54) is 11.3 Å². The maximum atomic E-state index is 6.45. The standard InChI is InChI=1S/C16H25ClN2O/c1-12-10-19(11-13(12)2)16-5-4-14(8-15(16)17)9-18-6-7-20-3/h4-5,8,12-13,18H,6-7,9-11H2,1-3H3. The lowest BCUT2D eigenvalue weighted by Gasteiger charge is -2.20. The van der Waals surface area contributed by atoms with Crippen molar-refractivity contribution in [2.24, 2.45) is 11.8 Å². The molecule has 2 unspecified atom stereocenters. The van der Waals surface area contributed by atoms with Gasteiger partial charge in [-0.2, -0.15) is 0 Å². The first-order valence-electron chi connectivity index (χ1n) is 7.35. The number of anilines is 1. The van der Waals surface area contributed by atoms with Gasteiger partial charge in [0.05, 0.1) is 17.3 Å². The Kier molecular flexibility index (Phi) is 5.70. The summed E-state index contributed by atoms with van der Waals surface area (Å²) < 4.78 is 5.01. The van der Waals surface area contributed by atoms with Gasteiger partial charge in [-0.3, -0.25) is 0 Å². The predicted octanol–water partition coefficient (Wildman–Crippen LogP) is 3.17. The van der Waals surface area contributed by atoms with Crippen molar-refractivity contribution in [1.82, 2.24) is 5.32 Å². The third kappa shape index (κ3) is 3.87. The molecule has 1 heterocycles. The first-order chi connectivity index (χ1) is 9.61. The summed E-state index contributed by atoms with van der Waals surface area (Å²) in [7, 11) is 1.71. The highest BCUT2D eigenvalue weighted by Crippen LogP contribution is 2.33. The smallest absolute Gasteiger partial charge is 0.0642 e. The van der Waals surface area contributed by atoms with Gasteiger partial charge in [-0.15, -0.1) is 0 Å². The van der Waals surface area contributed by atoms with Crippen molar-refractivity contribution in [2.45, 2.75) is 20.4 Å². The molecule has 20 heavy (non-hydrogen) atoms. The highest BCUT2D eigenvalue weighted by atomic mass is 35.5. The number of benzene rings is 1. The van der Waals surface area contributed by atoms with Crippen molar-refractivity contribution in [3.63, 3.8) is 0 Å². The molecule has 1 aromatic carbocycles. The summed E-state index contributed by atoms with van der Waals surface area (Å²) in [5.74, 6) is 1.47. The van der Waals surface area contributed by atoms with Crippen molar-refractivity contribution >= 4 is 17.3 Å². The maximum absolute atomic E-state index is 6.45.